The van der Waals surface area contributed by atoms with Gasteiger partial charge in [0.05, 0.1) is 17.3 Å². The minimum absolute atomic E-state index is 0.177. The van der Waals surface area contributed by atoms with Gasteiger partial charge in [-0.3, -0.25) is 24.3 Å². The SMILES string of the molecule is CCc1ccccc1NC(=O)CN(C)C(=O)Cn1[nH]c(=O)c2ccccc2c1=O. The third-order valence-corrected chi connectivity index (χ3v) is 4.66. The Balaban J connectivity index is 1.70. The summed E-state index contributed by atoms with van der Waals surface area (Å²) in [5, 5.41) is 5.71. The Kier molecular flexibility index (Phi) is 5.92. The van der Waals surface area contributed by atoms with Crippen molar-refractivity contribution in [2.75, 3.05) is 18.9 Å². The number of para-hydroxylation sites is 1. The number of anilines is 1. The van der Waals surface area contributed by atoms with Gasteiger partial charge in [0, 0.05) is 12.7 Å². The molecule has 0 saturated heterocycles. The molecule has 0 aliphatic heterocycles. The molecule has 0 aliphatic rings. The van der Waals surface area contributed by atoms with E-state index in [0.717, 1.165) is 16.7 Å². The molecule has 8 heteroatoms. The molecule has 2 amide bonds. The lowest BCUT2D eigenvalue weighted by Crippen LogP contribution is -2.40. The molecule has 0 radical (unpaired) electrons. The molecule has 0 atom stereocenters. The second-order valence-electron chi connectivity index (χ2n) is 6.69. The Morgan fingerprint density at radius 1 is 1.03 bits per heavy atom. The molecule has 0 unspecified atom stereocenters. The summed E-state index contributed by atoms with van der Waals surface area (Å²) in [5.41, 5.74) is 0.777. The van der Waals surface area contributed by atoms with E-state index in [2.05, 4.69) is 10.4 Å². The molecule has 3 rings (SSSR count). The Hall–Kier alpha value is -3.68. The molecule has 0 fully saturated rings. The first-order valence-corrected chi connectivity index (χ1v) is 9.24. The molecule has 1 aromatic heterocycles. The monoisotopic (exact) mass is 394 g/mol. The molecule has 0 saturated carbocycles. The number of nitrogens with zero attached hydrogens (tertiary/aromatic N) is 2. The van der Waals surface area contributed by atoms with Gasteiger partial charge in [-0.05, 0) is 30.2 Å². The lowest BCUT2D eigenvalue weighted by molar-refractivity contribution is -0.134. The molecule has 29 heavy (non-hydrogen) atoms. The van der Waals surface area contributed by atoms with E-state index in [4.69, 9.17) is 0 Å². The van der Waals surface area contributed by atoms with E-state index in [1.54, 1.807) is 24.3 Å². The molecule has 0 bridgehead atoms. The summed E-state index contributed by atoms with van der Waals surface area (Å²) in [6.07, 6.45) is 0.767. The smallest absolute Gasteiger partial charge is 0.273 e. The summed E-state index contributed by atoms with van der Waals surface area (Å²) in [5.74, 6) is -0.821. The van der Waals surface area contributed by atoms with Crippen LogP contribution in [0, 0.1) is 0 Å². The summed E-state index contributed by atoms with van der Waals surface area (Å²) in [6, 6.07) is 13.8. The molecule has 8 nitrogen and oxygen atoms in total. The zero-order valence-corrected chi connectivity index (χ0v) is 16.3. The first kappa shape index (κ1) is 20.1. The number of fused-ring (bicyclic) bond motifs is 1. The third kappa shape index (κ3) is 4.43. The van der Waals surface area contributed by atoms with Crippen LogP contribution in [0.4, 0.5) is 5.69 Å². The maximum atomic E-state index is 12.5. The average Bonchev–Trinajstić information content (AvgIpc) is 2.72. The van der Waals surface area contributed by atoms with E-state index in [9.17, 15) is 19.2 Å². The highest BCUT2D eigenvalue weighted by Crippen LogP contribution is 2.15. The van der Waals surface area contributed by atoms with Crippen LogP contribution in [0.2, 0.25) is 0 Å². The molecule has 0 spiro atoms. The number of hydrogen-bond acceptors (Lipinski definition) is 4. The van der Waals surface area contributed by atoms with E-state index in [0.29, 0.717) is 5.69 Å². The summed E-state index contributed by atoms with van der Waals surface area (Å²) in [6.45, 7) is 1.44. The normalized spacial score (nSPS) is 10.7. The van der Waals surface area contributed by atoms with Gasteiger partial charge < -0.3 is 10.2 Å². The third-order valence-electron chi connectivity index (χ3n) is 4.66. The van der Waals surface area contributed by atoms with Crippen LogP contribution in [-0.4, -0.2) is 40.1 Å². The van der Waals surface area contributed by atoms with E-state index in [1.165, 1.54) is 18.0 Å². The second-order valence-corrected chi connectivity index (χ2v) is 6.69. The summed E-state index contributed by atoms with van der Waals surface area (Å²) >= 11 is 0. The number of aromatic nitrogens is 2. The van der Waals surface area contributed by atoms with Gasteiger partial charge in [0.2, 0.25) is 11.8 Å². The molecular weight excluding hydrogens is 372 g/mol. The number of nitrogens with one attached hydrogen (secondary N) is 2. The fourth-order valence-corrected chi connectivity index (χ4v) is 3.06. The average molecular weight is 394 g/mol. The Morgan fingerprint density at radius 3 is 2.41 bits per heavy atom. The number of aromatic amines is 1. The number of carbonyl (C=O) groups excluding carboxylic acids is 2. The minimum atomic E-state index is -0.475. The Labute approximate surface area is 166 Å². The van der Waals surface area contributed by atoms with Crippen molar-refractivity contribution < 1.29 is 9.59 Å². The number of carbonyl (C=O) groups is 2. The first-order valence-electron chi connectivity index (χ1n) is 9.24. The summed E-state index contributed by atoms with van der Waals surface area (Å²) < 4.78 is 0.966. The maximum Gasteiger partial charge on any atom is 0.273 e. The standard InChI is InChI=1S/C21H22N4O4/c1-3-14-8-4-7-11-17(14)22-18(26)12-24(2)19(27)13-25-21(29)16-10-6-5-9-15(16)20(28)23-25/h4-11H,3,12-13H2,1-2H3,(H,22,26)(H,23,28). The van der Waals surface area contributed by atoms with E-state index in [-0.39, 0.29) is 29.8 Å². The molecule has 3 aromatic rings. The predicted octanol–water partition coefficient (Wildman–Crippen LogP) is 1.35. The van der Waals surface area contributed by atoms with Gasteiger partial charge in [-0.15, -0.1) is 0 Å². The zero-order valence-electron chi connectivity index (χ0n) is 16.3. The quantitative estimate of drug-likeness (QED) is 0.658. The molecule has 2 N–H and O–H groups in total. The van der Waals surface area contributed by atoms with Crippen molar-refractivity contribution in [2.45, 2.75) is 19.9 Å². The number of rotatable bonds is 6. The van der Waals surface area contributed by atoms with Crippen LogP contribution < -0.4 is 16.4 Å². The van der Waals surface area contributed by atoms with Crippen LogP contribution in [0.1, 0.15) is 12.5 Å². The summed E-state index contributed by atoms with van der Waals surface area (Å²) in [4.78, 5) is 50.7. The van der Waals surface area contributed by atoms with E-state index >= 15 is 0 Å². The number of likely N-dealkylation sites (N-methyl/N-ethyl adjacent to an activating group) is 1. The van der Waals surface area contributed by atoms with Crippen LogP contribution >= 0.6 is 0 Å². The lowest BCUT2D eigenvalue weighted by atomic mass is 10.1. The lowest BCUT2D eigenvalue weighted by Gasteiger charge is -2.18. The van der Waals surface area contributed by atoms with Crippen molar-refractivity contribution >= 4 is 28.3 Å². The van der Waals surface area contributed by atoms with E-state index < -0.39 is 17.0 Å². The molecule has 0 aliphatic carbocycles. The van der Waals surface area contributed by atoms with Gasteiger partial charge in [-0.1, -0.05) is 37.3 Å². The van der Waals surface area contributed by atoms with Gasteiger partial charge in [-0.2, -0.15) is 0 Å². The number of benzene rings is 2. The van der Waals surface area contributed by atoms with Crippen LogP contribution in [0.15, 0.2) is 58.1 Å². The highest BCUT2D eigenvalue weighted by Gasteiger charge is 2.16. The minimum Gasteiger partial charge on any atom is -0.335 e. The Morgan fingerprint density at radius 2 is 1.69 bits per heavy atom. The number of hydrogen-bond donors (Lipinski definition) is 2. The molecule has 150 valence electrons. The van der Waals surface area contributed by atoms with Gasteiger partial charge in [0.25, 0.3) is 11.1 Å². The van der Waals surface area contributed by atoms with E-state index in [1.807, 2.05) is 25.1 Å². The highest BCUT2D eigenvalue weighted by molar-refractivity contribution is 5.95. The van der Waals surface area contributed by atoms with Gasteiger partial charge in [-0.25, -0.2) is 4.68 Å². The van der Waals surface area contributed by atoms with Gasteiger partial charge in [0.15, 0.2) is 0 Å². The maximum absolute atomic E-state index is 12.5. The Bertz CT molecular complexity index is 1180. The second kappa shape index (κ2) is 8.55. The largest absolute Gasteiger partial charge is 0.335 e. The van der Waals surface area contributed by atoms with Crippen LogP contribution in [-0.2, 0) is 22.6 Å². The van der Waals surface area contributed by atoms with Crippen molar-refractivity contribution in [1.29, 1.82) is 0 Å². The fraction of sp³-hybridized carbons (Fsp3) is 0.238. The van der Waals surface area contributed by atoms with Crippen LogP contribution in [0.25, 0.3) is 10.8 Å². The van der Waals surface area contributed by atoms with Crippen LogP contribution in [0.3, 0.4) is 0 Å². The first-order chi connectivity index (χ1) is 13.9. The van der Waals surface area contributed by atoms with Crippen molar-refractivity contribution in [3.05, 3.63) is 74.8 Å². The molecule has 2 aromatic carbocycles. The van der Waals surface area contributed by atoms with Gasteiger partial charge >= 0.3 is 0 Å². The van der Waals surface area contributed by atoms with Crippen molar-refractivity contribution in [3.63, 3.8) is 0 Å². The topological polar surface area (TPSA) is 104 Å². The number of aryl methyl sites for hydroxylation is 1. The summed E-state index contributed by atoms with van der Waals surface area (Å²) in [7, 11) is 1.47. The van der Waals surface area contributed by atoms with Crippen LogP contribution in [0.5, 0.6) is 0 Å². The fourth-order valence-electron chi connectivity index (χ4n) is 3.06. The molecular formula is C21H22N4O4. The molecule has 1 heterocycles. The highest BCUT2D eigenvalue weighted by atomic mass is 16.2. The van der Waals surface area contributed by atoms with Crippen molar-refractivity contribution in [3.8, 4) is 0 Å². The number of amides is 2. The van der Waals surface area contributed by atoms with Crippen molar-refractivity contribution in [2.24, 2.45) is 0 Å². The van der Waals surface area contributed by atoms with Crippen molar-refractivity contribution in [1.82, 2.24) is 14.7 Å². The number of H-pyrrole nitrogens is 1. The zero-order chi connectivity index (χ0) is 21.0. The van der Waals surface area contributed by atoms with Gasteiger partial charge in [0.1, 0.15) is 6.54 Å². The predicted molar refractivity (Wildman–Crippen MR) is 111 cm³/mol.